The second-order valence-corrected chi connectivity index (χ2v) is 5.36. The van der Waals surface area contributed by atoms with E-state index in [2.05, 4.69) is 37.9 Å². The molecule has 1 unspecified atom stereocenters. The fraction of sp³-hybridized carbons (Fsp3) is 1.00. The molecule has 0 aromatic rings. The first kappa shape index (κ1) is 14.9. The molecule has 1 aliphatic rings. The van der Waals surface area contributed by atoms with Gasteiger partial charge in [0.25, 0.3) is 0 Å². The number of piperidine rings is 1. The second-order valence-electron chi connectivity index (χ2n) is 5.36. The topological polar surface area (TPSA) is 24.5 Å². The maximum Gasteiger partial charge on any atom is 0.0599 e. The molecule has 0 saturated carbocycles. The average Bonchev–Trinajstić information content (AvgIpc) is 2.31. The van der Waals surface area contributed by atoms with Gasteiger partial charge in [-0.1, -0.05) is 20.8 Å². The van der Waals surface area contributed by atoms with Gasteiger partial charge in [-0.05, 0) is 32.2 Å². The summed E-state index contributed by atoms with van der Waals surface area (Å²) in [4.78, 5) is 2.59. The van der Waals surface area contributed by atoms with Crippen LogP contribution in [0.3, 0.4) is 0 Å². The molecule has 0 radical (unpaired) electrons. The minimum Gasteiger partial charge on any atom is -0.378 e. The number of likely N-dealkylation sites (tertiary alicyclic amines) is 1. The normalized spacial score (nSPS) is 21.0. The van der Waals surface area contributed by atoms with E-state index in [1.54, 1.807) is 0 Å². The van der Waals surface area contributed by atoms with Crippen LogP contribution in [-0.4, -0.2) is 49.8 Å². The molecule has 1 heterocycles. The first-order chi connectivity index (χ1) is 8.17. The van der Waals surface area contributed by atoms with Gasteiger partial charge in [0.15, 0.2) is 0 Å². The number of likely N-dealkylation sites (N-methyl/N-ethyl adjacent to an activating group) is 1. The predicted octanol–water partition coefficient (Wildman–Crippen LogP) is 2.12. The molecular formula is C14H30N2O. The van der Waals surface area contributed by atoms with Crippen LogP contribution in [0.25, 0.3) is 0 Å². The van der Waals surface area contributed by atoms with Gasteiger partial charge in [0, 0.05) is 32.3 Å². The van der Waals surface area contributed by atoms with E-state index in [0.717, 1.165) is 13.2 Å². The molecule has 1 N–H and O–H groups in total. The minimum absolute atomic E-state index is 0.507. The Hall–Kier alpha value is -0.120. The summed E-state index contributed by atoms with van der Waals surface area (Å²) >= 11 is 0. The number of hydrogen-bond acceptors (Lipinski definition) is 3. The van der Waals surface area contributed by atoms with Crippen molar-refractivity contribution in [2.45, 2.75) is 52.7 Å². The molecule has 0 aliphatic carbocycles. The van der Waals surface area contributed by atoms with E-state index in [0.29, 0.717) is 18.1 Å². The van der Waals surface area contributed by atoms with Crippen LogP contribution in [0.15, 0.2) is 0 Å². The Morgan fingerprint density at radius 2 is 1.88 bits per heavy atom. The van der Waals surface area contributed by atoms with Crippen LogP contribution in [0.4, 0.5) is 0 Å². The Bertz CT molecular complexity index is 189. The zero-order valence-electron chi connectivity index (χ0n) is 12.0. The molecule has 0 spiro atoms. The van der Waals surface area contributed by atoms with Crippen LogP contribution in [0.5, 0.6) is 0 Å². The Kier molecular flexibility index (Phi) is 7.09. The van der Waals surface area contributed by atoms with Crippen molar-refractivity contribution >= 4 is 0 Å². The molecule has 1 rings (SSSR count). The lowest BCUT2D eigenvalue weighted by atomic mass is 10.0. The molecule has 3 nitrogen and oxygen atoms in total. The third-order valence-electron chi connectivity index (χ3n) is 3.66. The fourth-order valence-electron chi connectivity index (χ4n) is 2.55. The molecule has 1 aliphatic heterocycles. The summed E-state index contributed by atoms with van der Waals surface area (Å²) in [6, 6.07) is 0.628. The lowest BCUT2D eigenvalue weighted by Gasteiger charge is -2.35. The van der Waals surface area contributed by atoms with E-state index < -0.39 is 0 Å². The molecule has 1 fully saturated rings. The van der Waals surface area contributed by atoms with Gasteiger partial charge in [-0.25, -0.2) is 0 Å². The largest absolute Gasteiger partial charge is 0.378 e. The van der Waals surface area contributed by atoms with Gasteiger partial charge in [0.05, 0.1) is 6.10 Å². The molecule has 0 aromatic heterocycles. The maximum absolute atomic E-state index is 5.69. The summed E-state index contributed by atoms with van der Waals surface area (Å²) in [6.07, 6.45) is 2.91. The van der Waals surface area contributed by atoms with Crippen molar-refractivity contribution in [2.75, 3.05) is 32.8 Å². The Morgan fingerprint density at radius 3 is 2.35 bits per heavy atom. The van der Waals surface area contributed by atoms with E-state index in [-0.39, 0.29) is 0 Å². The lowest BCUT2D eigenvalue weighted by molar-refractivity contribution is 0.0113. The monoisotopic (exact) mass is 242 g/mol. The molecule has 0 bridgehead atoms. The number of hydrogen-bond donors (Lipinski definition) is 1. The van der Waals surface area contributed by atoms with E-state index in [1.807, 2.05) is 0 Å². The van der Waals surface area contributed by atoms with Crippen LogP contribution in [0, 0.1) is 5.92 Å². The SMILES string of the molecule is CCNC(CN1CCC(OCC)CC1)C(C)C. The van der Waals surface area contributed by atoms with Gasteiger partial charge in [0.2, 0.25) is 0 Å². The van der Waals surface area contributed by atoms with Gasteiger partial charge in [-0.15, -0.1) is 0 Å². The van der Waals surface area contributed by atoms with E-state index >= 15 is 0 Å². The highest BCUT2D eigenvalue weighted by Gasteiger charge is 2.22. The molecule has 102 valence electrons. The van der Waals surface area contributed by atoms with Crippen molar-refractivity contribution in [3.05, 3.63) is 0 Å². The van der Waals surface area contributed by atoms with Crippen molar-refractivity contribution in [1.29, 1.82) is 0 Å². The Labute approximate surface area is 107 Å². The van der Waals surface area contributed by atoms with E-state index in [4.69, 9.17) is 4.74 Å². The van der Waals surface area contributed by atoms with Crippen molar-refractivity contribution in [1.82, 2.24) is 10.2 Å². The summed E-state index contributed by atoms with van der Waals surface area (Å²) in [6.45, 7) is 14.4. The van der Waals surface area contributed by atoms with Crippen LogP contribution >= 0.6 is 0 Å². The Balaban J connectivity index is 2.28. The number of nitrogens with zero attached hydrogens (tertiary/aromatic N) is 1. The van der Waals surface area contributed by atoms with E-state index in [1.165, 1.54) is 32.5 Å². The minimum atomic E-state index is 0.507. The highest BCUT2D eigenvalue weighted by atomic mass is 16.5. The number of nitrogens with one attached hydrogen (secondary N) is 1. The summed E-state index contributed by atoms with van der Waals surface area (Å²) in [5.41, 5.74) is 0. The van der Waals surface area contributed by atoms with Gasteiger partial charge in [0.1, 0.15) is 0 Å². The Morgan fingerprint density at radius 1 is 1.24 bits per heavy atom. The first-order valence-corrected chi connectivity index (χ1v) is 7.24. The first-order valence-electron chi connectivity index (χ1n) is 7.24. The molecule has 0 aromatic carbocycles. The molecule has 3 heteroatoms. The smallest absolute Gasteiger partial charge is 0.0599 e. The quantitative estimate of drug-likeness (QED) is 0.740. The summed E-state index contributed by atoms with van der Waals surface area (Å²) in [7, 11) is 0. The number of ether oxygens (including phenoxy) is 1. The lowest BCUT2D eigenvalue weighted by Crippen LogP contribution is -2.47. The predicted molar refractivity (Wildman–Crippen MR) is 73.4 cm³/mol. The van der Waals surface area contributed by atoms with Crippen LogP contribution < -0.4 is 5.32 Å². The van der Waals surface area contributed by atoms with Crippen LogP contribution in [0.2, 0.25) is 0 Å². The third kappa shape index (κ3) is 5.36. The van der Waals surface area contributed by atoms with Crippen molar-refractivity contribution in [3.63, 3.8) is 0 Å². The highest BCUT2D eigenvalue weighted by Crippen LogP contribution is 2.15. The third-order valence-corrected chi connectivity index (χ3v) is 3.66. The fourth-order valence-corrected chi connectivity index (χ4v) is 2.55. The molecule has 17 heavy (non-hydrogen) atoms. The summed E-state index contributed by atoms with van der Waals surface area (Å²) in [5, 5.41) is 3.59. The van der Waals surface area contributed by atoms with Gasteiger partial charge >= 0.3 is 0 Å². The van der Waals surface area contributed by atoms with Crippen molar-refractivity contribution in [2.24, 2.45) is 5.92 Å². The molecule has 1 atom stereocenters. The van der Waals surface area contributed by atoms with Gasteiger partial charge < -0.3 is 15.0 Å². The molecular weight excluding hydrogens is 212 g/mol. The van der Waals surface area contributed by atoms with Crippen LogP contribution in [-0.2, 0) is 4.74 Å². The van der Waals surface area contributed by atoms with E-state index in [9.17, 15) is 0 Å². The zero-order valence-corrected chi connectivity index (χ0v) is 12.0. The van der Waals surface area contributed by atoms with Crippen molar-refractivity contribution in [3.8, 4) is 0 Å². The van der Waals surface area contributed by atoms with Crippen LogP contribution in [0.1, 0.15) is 40.5 Å². The zero-order chi connectivity index (χ0) is 12.7. The average molecular weight is 242 g/mol. The summed E-state index contributed by atoms with van der Waals surface area (Å²) in [5.74, 6) is 0.708. The molecule has 0 amide bonds. The second kappa shape index (κ2) is 8.06. The van der Waals surface area contributed by atoms with Gasteiger partial charge in [-0.3, -0.25) is 0 Å². The number of rotatable bonds is 7. The molecule has 1 saturated heterocycles. The van der Waals surface area contributed by atoms with Gasteiger partial charge in [-0.2, -0.15) is 0 Å². The maximum atomic E-state index is 5.69. The van der Waals surface area contributed by atoms with Crippen molar-refractivity contribution < 1.29 is 4.74 Å². The standard InChI is InChI=1S/C14H30N2O/c1-5-15-14(12(3)4)11-16-9-7-13(8-10-16)17-6-2/h12-15H,5-11H2,1-4H3. The highest BCUT2D eigenvalue weighted by molar-refractivity contribution is 4.79. The summed E-state index contributed by atoms with van der Waals surface area (Å²) < 4.78 is 5.69.